The number of hydrogen-bond acceptors (Lipinski definition) is 5. The van der Waals surface area contributed by atoms with E-state index in [1.54, 1.807) is 25.2 Å². The molecule has 2 heterocycles. The number of halogens is 1. The molecule has 0 saturated heterocycles. The average molecular weight is 472 g/mol. The lowest BCUT2D eigenvalue weighted by Gasteiger charge is -2.22. The van der Waals surface area contributed by atoms with Crippen LogP contribution in [0.15, 0.2) is 50.1 Å². The molecule has 1 unspecified atom stereocenters. The summed E-state index contributed by atoms with van der Waals surface area (Å²) in [5, 5.41) is 0.434. The van der Waals surface area contributed by atoms with Gasteiger partial charge >= 0.3 is 0 Å². The fraction of sp³-hybridized carbons (Fsp3) is 0.304. The molecule has 0 radical (unpaired) electrons. The summed E-state index contributed by atoms with van der Waals surface area (Å²) in [5.41, 5.74) is 1.29. The van der Waals surface area contributed by atoms with Gasteiger partial charge in [-0.2, -0.15) is 0 Å². The number of benzene rings is 2. The summed E-state index contributed by atoms with van der Waals surface area (Å²) in [5.74, 6) is 1.00. The molecular formula is C23H22BrNO5. The van der Waals surface area contributed by atoms with Gasteiger partial charge in [-0.3, -0.25) is 9.59 Å². The summed E-state index contributed by atoms with van der Waals surface area (Å²) in [6.45, 7) is 4.99. The third-order valence-corrected chi connectivity index (χ3v) is 5.60. The smallest absolute Gasteiger partial charge is 0.290 e. The molecule has 2 aromatic carbocycles. The molecule has 7 heteroatoms. The second kappa shape index (κ2) is 8.14. The Balaban J connectivity index is 1.88. The SMILES string of the molecule is CCCOc1ccc(C2c3c(oc4ccc(Br)cc4c3=O)C(=O)N2C)cc1OCC. The normalized spacial score (nSPS) is 15.5. The van der Waals surface area contributed by atoms with Gasteiger partial charge in [0.05, 0.1) is 30.2 Å². The van der Waals surface area contributed by atoms with Crippen molar-refractivity contribution >= 4 is 32.8 Å². The van der Waals surface area contributed by atoms with Gasteiger partial charge in [0.25, 0.3) is 5.91 Å². The Morgan fingerprint density at radius 2 is 1.87 bits per heavy atom. The Kier molecular flexibility index (Phi) is 5.56. The van der Waals surface area contributed by atoms with Crippen LogP contribution in [-0.2, 0) is 0 Å². The van der Waals surface area contributed by atoms with Gasteiger partial charge < -0.3 is 18.8 Å². The van der Waals surface area contributed by atoms with Crippen LogP contribution in [0.1, 0.15) is 48.0 Å². The molecule has 1 aliphatic rings. The van der Waals surface area contributed by atoms with Crippen molar-refractivity contribution in [2.24, 2.45) is 0 Å². The number of rotatable bonds is 6. The molecular weight excluding hydrogens is 450 g/mol. The minimum atomic E-state index is -0.563. The Morgan fingerprint density at radius 3 is 2.60 bits per heavy atom. The van der Waals surface area contributed by atoms with Gasteiger partial charge in [0, 0.05) is 11.5 Å². The molecule has 0 saturated carbocycles. The minimum Gasteiger partial charge on any atom is -0.490 e. The van der Waals surface area contributed by atoms with Crippen molar-refractivity contribution in [1.29, 1.82) is 0 Å². The van der Waals surface area contributed by atoms with E-state index in [0.717, 1.165) is 16.5 Å². The van der Waals surface area contributed by atoms with E-state index in [-0.39, 0.29) is 17.1 Å². The lowest BCUT2D eigenvalue weighted by atomic mass is 9.98. The van der Waals surface area contributed by atoms with E-state index in [9.17, 15) is 9.59 Å². The molecule has 1 amide bonds. The van der Waals surface area contributed by atoms with E-state index < -0.39 is 6.04 Å². The van der Waals surface area contributed by atoms with Crippen LogP contribution in [0.2, 0.25) is 0 Å². The molecule has 30 heavy (non-hydrogen) atoms. The van der Waals surface area contributed by atoms with Crippen molar-refractivity contribution in [3.8, 4) is 11.5 Å². The molecule has 0 fully saturated rings. The zero-order valence-electron chi connectivity index (χ0n) is 17.0. The molecule has 0 spiro atoms. The standard InChI is InChI=1S/C23H22BrNO5/c1-4-10-29-17-8-6-13(11-18(17)28-5-2)20-19-21(26)15-12-14(24)7-9-16(15)30-22(19)23(27)25(20)3/h6-9,11-12,20H,4-5,10H2,1-3H3. The van der Waals surface area contributed by atoms with E-state index in [1.807, 2.05) is 32.0 Å². The molecule has 6 nitrogen and oxygen atoms in total. The molecule has 0 bridgehead atoms. The number of ether oxygens (including phenoxy) is 2. The lowest BCUT2D eigenvalue weighted by Crippen LogP contribution is -2.25. The number of hydrogen-bond donors (Lipinski definition) is 0. The van der Waals surface area contributed by atoms with E-state index >= 15 is 0 Å². The van der Waals surface area contributed by atoms with Crippen molar-refractivity contribution in [1.82, 2.24) is 4.90 Å². The quantitative estimate of drug-likeness (QED) is 0.510. The number of amides is 1. The summed E-state index contributed by atoms with van der Waals surface area (Å²) >= 11 is 3.40. The van der Waals surface area contributed by atoms with Crippen LogP contribution in [0, 0.1) is 0 Å². The second-order valence-corrected chi connectivity index (χ2v) is 8.04. The number of carbonyl (C=O) groups excluding carboxylic acids is 1. The lowest BCUT2D eigenvalue weighted by molar-refractivity contribution is 0.0771. The van der Waals surface area contributed by atoms with E-state index in [0.29, 0.717) is 41.2 Å². The molecule has 1 aromatic heterocycles. The van der Waals surface area contributed by atoms with E-state index in [4.69, 9.17) is 13.9 Å². The highest BCUT2D eigenvalue weighted by molar-refractivity contribution is 9.10. The van der Waals surface area contributed by atoms with Crippen LogP contribution in [0.4, 0.5) is 0 Å². The Hall–Kier alpha value is -2.80. The van der Waals surface area contributed by atoms with Gasteiger partial charge in [-0.25, -0.2) is 0 Å². The third kappa shape index (κ3) is 3.37. The summed E-state index contributed by atoms with van der Waals surface area (Å²) in [6.07, 6.45) is 0.879. The first-order chi connectivity index (χ1) is 14.5. The number of fused-ring (bicyclic) bond motifs is 2. The average Bonchev–Trinajstić information content (AvgIpc) is 2.99. The highest BCUT2D eigenvalue weighted by Crippen LogP contribution is 2.40. The van der Waals surface area contributed by atoms with E-state index in [1.165, 1.54) is 4.90 Å². The maximum Gasteiger partial charge on any atom is 0.290 e. The summed E-state index contributed by atoms with van der Waals surface area (Å²) in [6, 6.07) is 10.1. The first-order valence-electron chi connectivity index (χ1n) is 9.89. The Bertz CT molecular complexity index is 1190. The maximum atomic E-state index is 13.4. The Labute approximate surface area is 182 Å². The monoisotopic (exact) mass is 471 g/mol. The zero-order valence-corrected chi connectivity index (χ0v) is 18.6. The van der Waals surface area contributed by atoms with Crippen molar-refractivity contribution < 1.29 is 18.7 Å². The van der Waals surface area contributed by atoms with Crippen molar-refractivity contribution in [3.05, 3.63) is 68.0 Å². The Morgan fingerprint density at radius 1 is 1.07 bits per heavy atom. The molecule has 1 aliphatic heterocycles. The van der Waals surface area contributed by atoms with Gasteiger partial charge in [-0.05, 0) is 49.2 Å². The maximum absolute atomic E-state index is 13.4. The predicted octanol–water partition coefficient (Wildman–Crippen LogP) is 4.92. The number of carbonyl (C=O) groups is 1. The van der Waals surface area contributed by atoms with Gasteiger partial charge in [0.15, 0.2) is 16.9 Å². The summed E-state index contributed by atoms with van der Waals surface area (Å²) in [7, 11) is 1.67. The number of nitrogens with zero attached hydrogens (tertiary/aromatic N) is 1. The molecule has 3 aromatic rings. The van der Waals surface area contributed by atoms with Crippen LogP contribution in [0.25, 0.3) is 11.0 Å². The summed E-state index contributed by atoms with van der Waals surface area (Å²) < 4.78 is 18.2. The topological polar surface area (TPSA) is 69.0 Å². The first-order valence-corrected chi connectivity index (χ1v) is 10.7. The highest BCUT2D eigenvalue weighted by atomic mass is 79.9. The van der Waals surface area contributed by atoms with Gasteiger partial charge in [-0.15, -0.1) is 0 Å². The fourth-order valence-corrected chi connectivity index (χ4v) is 4.11. The van der Waals surface area contributed by atoms with Crippen LogP contribution in [-0.4, -0.2) is 31.1 Å². The van der Waals surface area contributed by atoms with Gasteiger partial charge in [-0.1, -0.05) is 28.9 Å². The van der Waals surface area contributed by atoms with Crippen LogP contribution in [0.3, 0.4) is 0 Å². The van der Waals surface area contributed by atoms with Crippen molar-refractivity contribution in [2.45, 2.75) is 26.3 Å². The van der Waals surface area contributed by atoms with Crippen LogP contribution in [0.5, 0.6) is 11.5 Å². The van der Waals surface area contributed by atoms with Gasteiger partial charge in [0.1, 0.15) is 5.58 Å². The molecule has 0 N–H and O–H groups in total. The highest BCUT2D eigenvalue weighted by Gasteiger charge is 2.41. The van der Waals surface area contributed by atoms with Crippen molar-refractivity contribution in [2.75, 3.05) is 20.3 Å². The summed E-state index contributed by atoms with van der Waals surface area (Å²) in [4.78, 5) is 27.8. The zero-order chi connectivity index (χ0) is 21.4. The molecule has 156 valence electrons. The largest absolute Gasteiger partial charge is 0.490 e. The molecule has 1 atom stereocenters. The third-order valence-electron chi connectivity index (χ3n) is 5.11. The second-order valence-electron chi connectivity index (χ2n) is 7.12. The fourth-order valence-electron chi connectivity index (χ4n) is 3.74. The van der Waals surface area contributed by atoms with Crippen molar-refractivity contribution in [3.63, 3.8) is 0 Å². The van der Waals surface area contributed by atoms with E-state index in [2.05, 4.69) is 15.9 Å². The van der Waals surface area contributed by atoms with Crippen LogP contribution < -0.4 is 14.9 Å². The first kappa shape index (κ1) is 20.5. The van der Waals surface area contributed by atoms with Crippen LogP contribution >= 0.6 is 15.9 Å². The molecule has 4 rings (SSSR count). The predicted molar refractivity (Wildman–Crippen MR) is 118 cm³/mol. The minimum absolute atomic E-state index is 0.0894. The molecule has 0 aliphatic carbocycles. The van der Waals surface area contributed by atoms with Gasteiger partial charge in [0.2, 0.25) is 5.76 Å².